The number of ether oxygens (including phenoxy) is 3. The highest BCUT2D eigenvalue weighted by Crippen LogP contribution is 2.34. The number of carbonyl (C=O) groups is 1. The van der Waals surface area contributed by atoms with E-state index in [-0.39, 0.29) is 43.3 Å². The van der Waals surface area contributed by atoms with Crippen molar-refractivity contribution in [2.24, 2.45) is 0 Å². The van der Waals surface area contributed by atoms with Gasteiger partial charge in [-0.25, -0.2) is 18.7 Å². The Morgan fingerprint density at radius 3 is 2.49 bits per heavy atom. The zero-order valence-corrected chi connectivity index (χ0v) is 20.4. The lowest BCUT2D eigenvalue weighted by Gasteiger charge is -2.35. The number of hydroxylamine groups is 1. The van der Waals surface area contributed by atoms with Gasteiger partial charge in [-0.2, -0.15) is 4.31 Å². The van der Waals surface area contributed by atoms with Gasteiger partial charge in [0.25, 0.3) is 0 Å². The molecule has 0 atom stereocenters. The fourth-order valence-electron chi connectivity index (χ4n) is 3.91. The van der Waals surface area contributed by atoms with Gasteiger partial charge < -0.3 is 19.5 Å². The molecule has 0 radical (unpaired) electrons. The Morgan fingerprint density at radius 2 is 1.84 bits per heavy atom. The van der Waals surface area contributed by atoms with E-state index in [1.54, 1.807) is 31.4 Å². The van der Waals surface area contributed by atoms with Crippen LogP contribution in [-0.2, 0) is 26.1 Å². The summed E-state index contributed by atoms with van der Waals surface area (Å²) < 4.78 is 78.3. The van der Waals surface area contributed by atoms with Crippen LogP contribution in [0, 0.1) is 0 Å². The molecule has 2 aliphatic heterocycles. The largest absolute Gasteiger partial charge is 0.573 e. The van der Waals surface area contributed by atoms with E-state index in [2.05, 4.69) is 15.5 Å². The topological polar surface area (TPSA) is 115 Å². The monoisotopic (exact) mass is 543 g/mol. The summed E-state index contributed by atoms with van der Waals surface area (Å²) in [6.07, 6.45) is -3.48. The summed E-state index contributed by atoms with van der Waals surface area (Å²) in [5.41, 5.74) is 2.50. The molecule has 200 valence electrons. The lowest BCUT2D eigenvalue weighted by atomic mass is 9.93. The summed E-state index contributed by atoms with van der Waals surface area (Å²) in [4.78, 5) is 17.6. The molecule has 37 heavy (non-hydrogen) atoms. The Labute approximate surface area is 210 Å². The number of methoxy groups -OCH3 is 1. The smallest absolute Gasteiger partial charge is 0.497 e. The van der Waals surface area contributed by atoms with E-state index in [1.165, 1.54) is 4.31 Å². The van der Waals surface area contributed by atoms with Gasteiger partial charge in [-0.05, 0) is 54.8 Å². The number of hydrogen-bond donors (Lipinski definition) is 2. The minimum atomic E-state index is -4.87. The average Bonchev–Trinajstić information content (AvgIpc) is 3.24. The lowest BCUT2D eigenvalue weighted by Crippen LogP contribution is -2.46. The molecule has 0 aromatic heterocycles. The Kier molecular flexibility index (Phi) is 7.52. The third kappa shape index (κ3) is 6.64. The Bertz CT molecular complexity index is 1260. The van der Waals surface area contributed by atoms with Crippen LogP contribution in [0.3, 0.4) is 0 Å². The second-order valence-electron chi connectivity index (χ2n) is 8.30. The van der Waals surface area contributed by atoms with Gasteiger partial charge in [0, 0.05) is 25.7 Å². The average molecular weight is 544 g/mol. The maximum atomic E-state index is 12.9. The first kappa shape index (κ1) is 26.6. The van der Waals surface area contributed by atoms with Gasteiger partial charge in [-0.15, -0.1) is 13.2 Å². The van der Waals surface area contributed by atoms with Gasteiger partial charge in [-0.1, -0.05) is 12.1 Å². The van der Waals surface area contributed by atoms with Crippen LogP contribution in [0.5, 0.6) is 11.5 Å². The van der Waals surface area contributed by atoms with Gasteiger partial charge in [-0.3, -0.25) is 4.84 Å². The first-order valence-electron chi connectivity index (χ1n) is 11.1. The first-order valence-corrected chi connectivity index (χ1v) is 12.5. The van der Waals surface area contributed by atoms with E-state index in [4.69, 9.17) is 14.3 Å². The molecule has 4 rings (SSSR count). The molecule has 1 spiro atoms. The van der Waals surface area contributed by atoms with Crippen LogP contribution in [0.2, 0.25) is 0 Å². The van der Waals surface area contributed by atoms with Gasteiger partial charge in [0.2, 0.25) is 15.9 Å². The number of carbonyl (C=O) groups excluding carboxylic acids is 1. The van der Waals surface area contributed by atoms with Crippen LogP contribution in [0.4, 0.5) is 18.0 Å². The molecule has 0 aliphatic carbocycles. The maximum Gasteiger partial charge on any atom is 0.573 e. The number of nitrogens with zero attached hydrogens (tertiary/aromatic N) is 1. The molecule has 2 heterocycles. The molecular formula is C23H24F3N3O7S. The van der Waals surface area contributed by atoms with Crippen molar-refractivity contribution >= 4 is 16.1 Å². The van der Waals surface area contributed by atoms with E-state index < -0.39 is 33.8 Å². The molecule has 10 nitrogen and oxygen atoms in total. The highest BCUT2D eigenvalue weighted by molar-refractivity contribution is 7.89. The number of piperidine rings is 1. The number of amides is 1. The predicted molar refractivity (Wildman–Crippen MR) is 122 cm³/mol. The standard InChI is InChI=1S/C23H24F3N3O7S/c1-33-18-4-2-3-16(13-18)15-27-21(30)34-20-14-22(36-28-20)9-11-29(12-10-22)37(31,32)19-7-5-17(6-8-19)35-23(24,25)26/h2-8,13-14,28H,9-12,15H2,1H3,(H,27,30). The number of sulfonamides is 1. The molecule has 0 unspecified atom stereocenters. The number of halogens is 3. The molecule has 1 amide bonds. The maximum absolute atomic E-state index is 12.9. The lowest BCUT2D eigenvalue weighted by molar-refractivity contribution is -0.274. The molecule has 2 aliphatic rings. The van der Waals surface area contributed by atoms with Crippen molar-refractivity contribution in [3.63, 3.8) is 0 Å². The van der Waals surface area contributed by atoms with E-state index >= 15 is 0 Å². The second kappa shape index (κ2) is 10.5. The van der Waals surface area contributed by atoms with E-state index in [0.717, 1.165) is 29.8 Å². The molecule has 1 saturated heterocycles. The Hall–Kier alpha value is -3.49. The van der Waals surface area contributed by atoms with Gasteiger partial charge >= 0.3 is 12.5 Å². The summed E-state index contributed by atoms with van der Waals surface area (Å²) in [7, 11) is -2.40. The molecule has 0 saturated carbocycles. The van der Waals surface area contributed by atoms with Crippen molar-refractivity contribution < 1.29 is 45.4 Å². The van der Waals surface area contributed by atoms with Crippen LogP contribution >= 0.6 is 0 Å². The minimum absolute atomic E-state index is 0.0800. The van der Waals surface area contributed by atoms with Crippen LogP contribution in [0.15, 0.2) is 65.4 Å². The SMILES string of the molecule is COc1cccc(CNC(=O)OC2=CC3(CCN(S(=O)(=O)c4ccc(OC(F)(F)F)cc4)CC3)ON2)c1. The van der Waals surface area contributed by atoms with E-state index in [9.17, 15) is 26.4 Å². The highest BCUT2D eigenvalue weighted by Gasteiger charge is 2.42. The zero-order chi connectivity index (χ0) is 26.7. The highest BCUT2D eigenvalue weighted by atomic mass is 32.2. The molecule has 0 bridgehead atoms. The number of rotatable bonds is 7. The molecule has 2 aromatic rings. The van der Waals surface area contributed by atoms with Crippen molar-refractivity contribution in [2.75, 3.05) is 20.2 Å². The number of benzene rings is 2. The molecule has 2 aromatic carbocycles. The van der Waals surface area contributed by atoms with Crippen LogP contribution in [0.25, 0.3) is 0 Å². The van der Waals surface area contributed by atoms with Crippen molar-refractivity contribution in [3.8, 4) is 11.5 Å². The van der Waals surface area contributed by atoms with Gasteiger partial charge in [0.05, 0.1) is 12.0 Å². The van der Waals surface area contributed by atoms with Crippen LogP contribution in [-0.4, -0.2) is 51.0 Å². The summed E-state index contributed by atoms with van der Waals surface area (Å²) in [6, 6.07) is 11.2. The predicted octanol–water partition coefficient (Wildman–Crippen LogP) is 3.42. The van der Waals surface area contributed by atoms with E-state index in [0.29, 0.717) is 5.75 Å². The summed E-state index contributed by atoms with van der Waals surface area (Å²) in [6.45, 7) is 0.374. The molecule has 1 fully saturated rings. The minimum Gasteiger partial charge on any atom is -0.497 e. The summed E-state index contributed by atoms with van der Waals surface area (Å²) in [5.74, 6) is 0.225. The molecule has 2 N–H and O–H groups in total. The zero-order valence-electron chi connectivity index (χ0n) is 19.6. The Morgan fingerprint density at radius 1 is 1.14 bits per heavy atom. The number of alkyl carbamates (subject to hydrolysis) is 1. The number of nitrogens with one attached hydrogen (secondary N) is 2. The van der Waals surface area contributed by atoms with Gasteiger partial charge in [0.15, 0.2) is 0 Å². The van der Waals surface area contributed by atoms with Crippen LogP contribution < -0.4 is 20.3 Å². The first-order chi connectivity index (χ1) is 17.5. The van der Waals surface area contributed by atoms with Gasteiger partial charge in [0.1, 0.15) is 17.1 Å². The summed E-state index contributed by atoms with van der Waals surface area (Å²) in [5, 5.41) is 2.62. The third-order valence-electron chi connectivity index (χ3n) is 5.79. The fourth-order valence-corrected chi connectivity index (χ4v) is 5.35. The quantitative estimate of drug-likeness (QED) is 0.546. The van der Waals surface area contributed by atoms with Crippen molar-refractivity contribution in [3.05, 3.63) is 66.1 Å². The van der Waals surface area contributed by atoms with Crippen LogP contribution in [0.1, 0.15) is 18.4 Å². The summed E-state index contributed by atoms with van der Waals surface area (Å²) >= 11 is 0. The van der Waals surface area contributed by atoms with E-state index in [1.807, 2.05) is 6.07 Å². The fraction of sp³-hybridized carbons (Fsp3) is 0.348. The molecular weight excluding hydrogens is 519 g/mol. The number of alkyl halides is 3. The molecule has 14 heteroatoms. The van der Waals surface area contributed by atoms with Crippen molar-refractivity contribution in [1.82, 2.24) is 15.1 Å². The Balaban J connectivity index is 1.30. The third-order valence-corrected chi connectivity index (χ3v) is 7.70. The normalized spacial score (nSPS) is 17.6. The number of hydrogen-bond acceptors (Lipinski definition) is 8. The second-order valence-corrected chi connectivity index (χ2v) is 10.2. The van der Waals surface area contributed by atoms with Crippen molar-refractivity contribution in [1.29, 1.82) is 0 Å². The van der Waals surface area contributed by atoms with Crippen molar-refractivity contribution in [2.45, 2.75) is 36.2 Å².